The third-order valence-electron chi connectivity index (χ3n) is 2.12. The van der Waals surface area contributed by atoms with Gasteiger partial charge in [0.05, 0.1) is 0 Å². The molecule has 0 bridgehead atoms. The van der Waals surface area contributed by atoms with Crippen LogP contribution in [0.1, 0.15) is 39.5 Å². The third kappa shape index (κ3) is 5.13. The number of unbranched alkanes of at least 4 members (excludes halogenated alkanes) is 1. The average Bonchev–Trinajstić information content (AvgIpc) is 2.11. The van der Waals surface area contributed by atoms with Gasteiger partial charge >= 0.3 is 6.41 Å². The van der Waals surface area contributed by atoms with Gasteiger partial charge in [-0.2, -0.15) is 0 Å². The van der Waals surface area contributed by atoms with Crippen molar-refractivity contribution in [3.05, 3.63) is 0 Å². The molecule has 0 heterocycles. The Bertz CT molecular complexity index is 117. The molecule has 2 N–H and O–H groups in total. The quantitative estimate of drug-likeness (QED) is 0.273. The maximum atomic E-state index is 10.1. The molecule has 0 fully saturated rings. The van der Waals surface area contributed by atoms with Gasteiger partial charge in [0.25, 0.3) is 0 Å². The first-order valence-electron chi connectivity index (χ1n) is 4.64. The number of carbonyl (C=O) groups excluding carboxylic acids is 1. The third-order valence-corrected chi connectivity index (χ3v) is 2.12. The number of rotatable bonds is 7. The predicted molar refractivity (Wildman–Crippen MR) is 49.9 cm³/mol. The summed E-state index contributed by atoms with van der Waals surface area (Å²) in [5, 5.41) is 1.11. The summed E-state index contributed by atoms with van der Waals surface area (Å²) in [6.45, 7) is 4.93. The average molecular weight is 171 g/mol. The highest BCUT2D eigenvalue weighted by Crippen LogP contribution is 2.12. The molecule has 0 saturated heterocycles. The molecule has 1 amide bonds. The van der Waals surface area contributed by atoms with Crippen LogP contribution in [0.15, 0.2) is 0 Å². The lowest BCUT2D eigenvalue weighted by Crippen LogP contribution is -2.34. The molecule has 1 atom stereocenters. The fourth-order valence-electron chi connectivity index (χ4n) is 1.23. The molecule has 0 aromatic rings. The number of hydrogen-bond acceptors (Lipinski definition) is 2. The Balaban J connectivity index is 3.58. The molecule has 0 saturated carbocycles. The molecule has 12 heavy (non-hydrogen) atoms. The lowest BCUT2D eigenvalue weighted by molar-refractivity contribution is 0.304. The van der Waals surface area contributed by atoms with Crippen LogP contribution in [0, 0.1) is 5.92 Å². The summed E-state index contributed by atoms with van der Waals surface area (Å²) >= 11 is 0. The van der Waals surface area contributed by atoms with E-state index in [0.717, 1.165) is 17.9 Å². The van der Waals surface area contributed by atoms with Crippen LogP contribution in [-0.2, 0) is 4.79 Å². The van der Waals surface area contributed by atoms with E-state index in [-0.39, 0.29) is 0 Å². The predicted octanol–water partition coefficient (Wildman–Crippen LogP) is 1.45. The van der Waals surface area contributed by atoms with Crippen molar-refractivity contribution in [1.29, 1.82) is 0 Å². The fourth-order valence-corrected chi connectivity index (χ4v) is 1.23. The maximum absolute atomic E-state index is 10.1. The van der Waals surface area contributed by atoms with E-state index in [1.807, 2.05) is 0 Å². The van der Waals surface area contributed by atoms with Gasteiger partial charge in [-0.1, -0.05) is 33.1 Å². The number of hydrogen-bond donors (Lipinski definition) is 1. The SMILES string of the molecule is CCCCC(CC)CN(N)[C]=O. The number of nitrogens with zero attached hydrogens (tertiary/aromatic N) is 1. The van der Waals surface area contributed by atoms with E-state index in [4.69, 9.17) is 5.84 Å². The summed E-state index contributed by atoms with van der Waals surface area (Å²) in [6, 6.07) is 0. The van der Waals surface area contributed by atoms with E-state index in [1.54, 1.807) is 6.41 Å². The molecule has 0 aromatic heterocycles. The Morgan fingerprint density at radius 3 is 2.58 bits per heavy atom. The number of nitrogens with two attached hydrogens (primary N) is 1. The Hall–Kier alpha value is -0.570. The molecule has 1 unspecified atom stereocenters. The molecule has 3 nitrogen and oxygen atoms in total. The topological polar surface area (TPSA) is 46.3 Å². The smallest absolute Gasteiger partial charge is 0.272 e. The second kappa shape index (κ2) is 7.10. The molecule has 0 aliphatic carbocycles. The summed E-state index contributed by atoms with van der Waals surface area (Å²) < 4.78 is 0. The second-order valence-electron chi connectivity index (χ2n) is 3.16. The van der Waals surface area contributed by atoms with E-state index >= 15 is 0 Å². The lowest BCUT2D eigenvalue weighted by atomic mass is 9.99. The fraction of sp³-hybridized carbons (Fsp3) is 0.889. The highest BCUT2D eigenvalue weighted by molar-refractivity contribution is 5.46. The van der Waals surface area contributed by atoms with Crippen LogP contribution >= 0.6 is 0 Å². The first kappa shape index (κ1) is 11.4. The number of amides is 1. The molecule has 0 aliphatic rings. The standard InChI is InChI=1S/C9H19N2O/c1-3-5-6-9(4-2)7-11(10)8-12/h9H,3-7,10H2,1-2H3. The zero-order valence-electron chi connectivity index (χ0n) is 8.05. The van der Waals surface area contributed by atoms with Gasteiger partial charge in [0, 0.05) is 6.54 Å². The van der Waals surface area contributed by atoms with Crippen LogP contribution in [0.25, 0.3) is 0 Å². The van der Waals surface area contributed by atoms with Crippen LogP contribution in [0.2, 0.25) is 0 Å². The summed E-state index contributed by atoms with van der Waals surface area (Å²) in [5.74, 6) is 5.87. The Labute approximate surface area is 74.9 Å². The summed E-state index contributed by atoms with van der Waals surface area (Å²) in [5.41, 5.74) is 0. The molecular formula is C9H19N2O. The Morgan fingerprint density at radius 1 is 1.50 bits per heavy atom. The zero-order chi connectivity index (χ0) is 9.40. The molecular weight excluding hydrogens is 152 g/mol. The summed E-state index contributed by atoms with van der Waals surface area (Å²) in [4.78, 5) is 10.1. The van der Waals surface area contributed by atoms with Crippen LogP contribution in [0.3, 0.4) is 0 Å². The molecule has 1 radical (unpaired) electrons. The van der Waals surface area contributed by atoms with Crippen molar-refractivity contribution in [2.75, 3.05) is 6.54 Å². The van der Waals surface area contributed by atoms with Crippen molar-refractivity contribution in [2.24, 2.45) is 11.8 Å². The summed E-state index contributed by atoms with van der Waals surface area (Å²) in [7, 11) is 0. The van der Waals surface area contributed by atoms with Gasteiger partial charge < -0.3 is 0 Å². The van der Waals surface area contributed by atoms with Crippen molar-refractivity contribution in [3.8, 4) is 0 Å². The first-order chi connectivity index (χ1) is 5.74. The molecule has 0 aromatic carbocycles. The molecule has 71 valence electrons. The van der Waals surface area contributed by atoms with Crippen molar-refractivity contribution in [2.45, 2.75) is 39.5 Å². The van der Waals surface area contributed by atoms with Gasteiger partial charge in [0.2, 0.25) is 0 Å². The van der Waals surface area contributed by atoms with E-state index in [0.29, 0.717) is 12.5 Å². The van der Waals surface area contributed by atoms with Gasteiger partial charge in [-0.3, -0.25) is 9.80 Å². The highest BCUT2D eigenvalue weighted by atomic mass is 16.1. The van der Waals surface area contributed by atoms with E-state index < -0.39 is 0 Å². The minimum Gasteiger partial charge on any atom is -0.272 e. The number of hydrazine groups is 1. The maximum Gasteiger partial charge on any atom is 0.327 e. The van der Waals surface area contributed by atoms with Crippen LogP contribution in [-0.4, -0.2) is 18.0 Å². The molecule has 0 spiro atoms. The van der Waals surface area contributed by atoms with Crippen molar-refractivity contribution >= 4 is 6.41 Å². The van der Waals surface area contributed by atoms with Crippen LogP contribution < -0.4 is 5.84 Å². The monoisotopic (exact) mass is 171 g/mol. The highest BCUT2D eigenvalue weighted by Gasteiger charge is 2.08. The van der Waals surface area contributed by atoms with Gasteiger partial charge in [0.15, 0.2) is 0 Å². The molecule has 0 rings (SSSR count). The van der Waals surface area contributed by atoms with Gasteiger partial charge in [-0.15, -0.1) is 0 Å². The van der Waals surface area contributed by atoms with Crippen molar-refractivity contribution in [3.63, 3.8) is 0 Å². The van der Waals surface area contributed by atoms with Gasteiger partial charge in [-0.25, -0.2) is 5.84 Å². The van der Waals surface area contributed by atoms with E-state index in [1.165, 1.54) is 12.8 Å². The van der Waals surface area contributed by atoms with Crippen LogP contribution in [0.4, 0.5) is 0 Å². The largest absolute Gasteiger partial charge is 0.327 e. The minimum atomic E-state index is 0.538. The summed E-state index contributed by atoms with van der Waals surface area (Å²) in [6.07, 6.45) is 6.31. The second-order valence-corrected chi connectivity index (χ2v) is 3.16. The van der Waals surface area contributed by atoms with Gasteiger partial charge in [0.1, 0.15) is 0 Å². The zero-order valence-corrected chi connectivity index (χ0v) is 8.05. The minimum absolute atomic E-state index is 0.538. The Morgan fingerprint density at radius 2 is 2.17 bits per heavy atom. The normalized spacial score (nSPS) is 12.6. The molecule has 0 aliphatic heterocycles. The van der Waals surface area contributed by atoms with E-state index in [2.05, 4.69) is 13.8 Å². The van der Waals surface area contributed by atoms with Gasteiger partial charge in [-0.05, 0) is 12.3 Å². The Kier molecular flexibility index (Phi) is 6.76. The van der Waals surface area contributed by atoms with Crippen molar-refractivity contribution in [1.82, 2.24) is 5.01 Å². The molecule has 3 heteroatoms. The van der Waals surface area contributed by atoms with Crippen molar-refractivity contribution < 1.29 is 4.79 Å². The van der Waals surface area contributed by atoms with Crippen LogP contribution in [0.5, 0.6) is 0 Å². The lowest BCUT2D eigenvalue weighted by Gasteiger charge is -2.18. The van der Waals surface area contributed by atoms with E-state index in [9.17, 15) is 4.79 Å². The first-order valence-corrected chi connectivity index (χ1v) is 4.64.